The normalized spacial score (nSPS) is 10.8. The minimum absolute atomic E-state index is 0.254. The number of anilines is 1. The molecule has 0 atom stereocenters. The van der Waals surface area contributed by atoms with Gasteiger partial charge in [-0.1, -0.05) is 36.4 Å². The molecule has 4 aromatic rings. The second-order valence-corrected chi connectivity index (χ2v) is 5.55. The van der Waals surface area contributed by atoms with E-state index >= 15 is 0 Å². The average Bonchev–Trinajstić information content (AvgIpc) is 3.08. The number of fused-ring (bicyclic) bond motifs is 1. The number of rotatable bonds is 3. The lowest BCUT2D eigenvalue weighted by Crippen LogP contribution is -2.18. The van der Waals surface area contributed by atoms with Gasteiger partial charge in [0.25, 0.3) is 5.91 Å². The number of halogens is 2. The molecule has 0 aliphatic carbocycles. The van der Waals surface area contributed by atoms with Gasteiger partial charge in [0.2, 0.25) is 0 Å². The van der Waals surface area contributed by atoms with Gasteiger partial charge < -0.3 is 5.32 Å². The number of carbonyl (C=O) groups excluding carboxylic acids is 1. The van der Waals surface area contributed by atoms with E-state index in [1.165, 1.54) is 22.8 Å². The van der Waals surface area contributed by atoms with E-state index in [1.807, 2.05) is 30.3 Å². The number of hydrogen-bond acceptors (Lipinski definition) is 3. The van der Waals surface area contributed by atoms with Crippen LogP contribution in [0.4, 0.5) is 14.6 Å². The zero-order valence-corrected chi connectivity index (χ0v) is 13.4. The van der Waals surface area contributed by atoms with Gasteiger partial charge in [-0.2, -0.15) is 9.61 Å². The Balaban J connectivity index is 1.73. The topological polar surface area (TPSA) is 59.3 Å². The van der Waals surface area contributed by atoms with Crippen LogP contribution >= 0.6 is 0 Å². The summed E-state index contributed by atoms with van der Waals surface area (Å²) in [5.74, 6) is -2.51. The fourth-order valence-corrected chi connectivity index (χ4v) is 2.63. The molecule has 0 fully saturated rings. The van der Waals surface area contributed by atoms with Crippen molar-refractivity contribution < 1.29 is 13.6 Å². The molecule has 0 aliphatic rings. The van der Waals surface area contributed by atoms with E-state index in [1.54, 1.807) is 6.07 Å². The van der Waals surface area contributed by atoms with Crippen LogP contribution in [0.15, 0.2) is 66.9 Å². The van der Waals surface area contributed by atoms with Crippen molar-refractivity contribution in [3.05, 3.63) is 84.1 Å². The van der Waals surface area contributed by atoms with Crippen molar-refractivity contribution in [2.45, 2.75) is 0 Å². The molecule has 0 radical (unpaired) electrons. The Labute approximate surface area is 146 Å². The molecule has 0 aliphatic heterocycles. The van der Waals surface area contributed by atoms with E-state index in [4.69, 9.17) is 0 Å². The largest absolute Gasteiger partial charge is 0.306 e. The molecule has 4 rings (SSSR count). The summed E-state index contributed by atoms with van der Waals surface area (Å²) < 4.78 is 29.0. The Bertz CT molecular complexity index is 1090. The third-order valence-corrected chi connectivity index (χ3v) is 3.86. The molecular formula is C19H12F2N4O. The van der Waals surface area contributed by atoms with Crippen LogP contribution in [0.25, 0.3) is 16.9 Å². The average molecular weight is 350 g/mol. The van der Waals surface area contributed by atoms with E-state index < -0.39 is 23.1 Å². The lowest BCUT2D eigenvalue weighted by molar-refractivity contribution is 0.101. The van der Waals surface area contributed by atoms with E-state index in [-0.39, 0.29) is 5.82 Å². The fraction of sp³-hybridized carbons (Fsp3) is 0. The van der Waals surface area contributed by atoms with Crippen LogP contribution in [0.1, 0.15) is 10.4 Å². The highest BCUT2D eigenvalue weighted by Crippen LogP contribution is 2.21. The summed E-state index contributed by atoms with van der Waals surface area (Å²) in [5.41, 5.74) is 1.40. The number of amides is 1. The van der Waals surface area contributed by atoms with Gasteiger partial charge in [-0.05, 0) is 18.2 Å². The maximum absolute atomic E-state index is 13.8. The van der Waals surface area contributed by atoms with Crippen molar-refractivity contribution in [1.29, 1.82) is 0 Å². The Morgan fingerprint density at radius 2 is 1.69 bits per heavy atom. The van der Waals surface area contributed by atoms with Crippen molar-refractivity contribution in [3.8, 4) is 11.3 Å². The molecule has 5 nitrogen and oxygen atoms in total. The van der Waals surface area contributed by atoms with Crippen molar-refractivity contribution >= 4 is 17.4 Å². The number of nitrogens with zero attached hydrogens (tertiary/aromatic N) is 3. The number of benzene rings is 2. The van der Waals surface area contributed by atoms with Gasteiger partial charge in [-0.25, -0.2) is 13.8 Å². The monoisotopic (exact) mass is 350 g/mol. The minimum atomic E-state index is -0.932. The summed E-state index contributed by atoms with van der Waals surface area (Å²) in [6.07, 6.45) is 1.49. The Morgan fingerprint density at radius 3 is 2.42 bits per heavy atom. The van der Waals surface area contributed by atoms with Gasteiger partial charge in [-0.15, -0.1) is 0 Å². The first-order chi connectivity index (χ1) is 12.6. The number of aromatic nitrogens is 3. The Morgan fingerprint density at radius 1 is 0.962 bits per heavy atom. The maximum Gasteiger partial charge on any atom is 0.262 e. The summed E-state index contributed by atoms with van der Waals surface area (Å²) in [4.78, 5) is 16.5. The summed E-state index contributed by atoms with van der Waals surface area (Å²) >= 11 is 0. The van der Waals surface area contributed by atoms with Crippen molar-refractivity contribution in [3.63, 3.8) is 0 Å². The maximum atomic E-state index is 13.8. The summed E-state index contributed by atoms with van der Waals surface area (Å²) in [6, 6.07) is 16.0. The minimum Gasteiger partial charge on any atom is -0.306 e. The second-order valence-electron chi connectivity index (χ2n) is 5.55. The molecule has 2 aromatic heterocycles. The number of hydrogen-bond donors (Lipinski definition) is 1. The van der Waals surface area contributed by atoms with Crippen molar-refractivity contribution in [1.82, 2.24) is 14.6 Å². The summed E-state index contributed by atoms with van der Waals surface area (Å²) in [7, 11) is 0. The van der Waals surface area contributed by atoms with Crippen molar-refractivity contribution in [2.24, 2.45) is 0 Å². The summed E-state index contributed by atoms with van der Waals surface area (Å²) in [5, 5.41) is 6.92. The zero-order chi connectivity index (χ0) is 18.1. The van der Waals surface area contributed by atoms with E-state index in [0.717, 1.165) is 17.7 Å². The molecule has 0 unspecified atom stereocenters. The molecule has 128 valence electrons. The van der Waals surface area contributed by atoms with Crippen LogP contribution in [-0.4, -0.2) is 20.5 Å². The fourth-order valence-electron chi connectivity index (χ4n) is 2.63. The van der Waals surface area contributed by atoms with Crippen LogP contribution < -0.4 is 5.32 Å². The number of carbonyl (C=O) groups is 1. The predicted molar refractivity (Wildman–Crippen MR) is 92.7 cm³/mol. The first-order valence-corrected chi connectivity index (χ1v) is 7.79. The molecule has 7 heteroatoms. The van der Waals surface area contributed by atoms with Crippen LogP contribution in [0.3, 0.4) is 0 Å². The van der Waals surface area contributed by atoms with Gasteiger partial charge in [0, 0.05) is 17.8 Å². The van der Waals surface area contributed by atoms with E-state index in [2.05, 4.69) is 15.4 Å². The first kappa shape index (κ1) is 15.9. The molecule has 0 saturated heterocycles. The highest BCUT2D eigenvalue weighted by Gasteiger charge is 2.18. The molecule has 2 heterocycles. The Kier molecular flexibility index (Phi) is 3.89. The third kappa shape index (κ3) is 2.79. The number of nitrogens with one attached hydrogen (secondary N) is 1. The standard InChI is InChI=1S/C19H12F2N4O/c20-13-7-4-8-14(21)18(13)19(26)23-16-9-10-22-17-11-15(24-25(16)17)12-5-2-1-3-6-12/h1-11H,(H,23,26). The third-order valence-electron chi connectivity index (χ3n) is 3.86. The van der Waals surface area contributed by atoms with E-state index in [9.17, 15) is 13.6 Å². The molecule has 0 bridgehead atoms. The SMILES string of the molecule is O=C(Nc1ccnc2cc(-c3ccccc3)nn12)c1c(F)cccc1F. The van der Waals surface area contributed by atoms with Crippen LogP contribution in [0, 0.1) is 11.6 Å². The van der Waals surface area contributed by atoms with Crippen molar-refractivity contribution in [2.75, 3.05) is 5.32 Å². The lowest BCUT2D eigenvalue weighted by Gasteiger charge is -2.08. The quantitative estimate of drug-likeness (QED) is 0.609. The molecule has 0 spiro atoms. The highest BCUT2D eigenvalue weighted by atomic mass is 19.1. The molecule has 26 heavy (non-hydrogen) atoms. The zero-order valence-electron chi connectivity index (χ0n) is 13.4. The van der Waals surface area contributed by atoms with Gasteiger partial charge in [-0.3, -0.25) is 4.79 Å². The molecule has 1 amide bonds. The van der Waals surface area contributed by atoms with Crippen LogP contribution in [-0.2, 0) is 0 Å². The molecular weight excluding hydrogens is 338 g/mol. The second kappa shape index (κ2) is 6.36. The smallest absolute Gasteiger partial charge is 0.262 e. The van der Waals surface area contributed by atoms with Gasteiger partial charge in [0.1, 0.15) is 23.0 Å². The van der Waals surface area contributed by atoms with Crippen LogP contribution in [0.2, 0.25) is 0 Å². The molecule has 0 saturated carbocycles. The van der Waals surface area contributed by atoms with Gasteiger partial charge >= 0.3 is 0 Å². The van der Waals surface area contributed by atoms with Crippen LogP contribution in [0.5, 0.6) is 0 Å². The molecule has 2 aromatic carbocycles. The lowest BCUT2D eigenvalue weighted by atomic mass is 10.2. The highest BCUT2D eigenvalue weighted by molar-refractivity contribution is 6.04. The van der Waals surface area contributed by atoms with E-state index in [0.29, 0.717) is 11.3 Å². The Hall–Kier alpha value is -3.61. The van der Waals surface area contributed by atoms with Gasteiger partial charge in [0.15, 0.2) is 5.65 Å². The first-order valence-electron chi connectivity index (χ1n) is 7.79. The molecule has 1 N–H and O–H groups in total. The predicted octanol–water partition coefficient (Wildman–Crippen LogP) is 3.93. The van der Waals surface area contributed by atoms with Gasteiger partial charge in [0.05, 0.1) is 5.69 Å². The summed E-state index contributed by atoms with van der Waals surface area (Å²) in [6.45, 7) is 0.